The summed E-state index contributed by atoms with van der Waals surface area (Å²) in [6.07, 6.45) is 11.9. The van der Waals surface area contributed by atoms with Gasteiger partial charge in [0.1, 0.15) is 22.3 Å². The maximum atomic E-state index is 10.9. The molecule has 3 aromatic rings. The van der Waals surface area contributed by atoms with Crippen LogP contribution in [0.3, 0.4) is 0 Å². The number of anilines is 2. The molecule has 36 heavy (non-hydrogen) atoms. The highest BCUT2D eigenvalue weighted by atomic mass is 32.1. The highest BCUT2D eigenvalue weighted by molar-refractivity contribution is 7.13. The summed E-state index contributed by atoms with van der Waals surface area (Å²) in [6, 6.07) is 10.1. The second-order valence-electron chi connectivity index (χ2n) is 9.34. The van der Waals surface area contributed by atoms with Crippen molar-refractivity contribution in [3.05, 3.63) is 53.2 Å². The van der Waals surface area contributed by atoms with Gasteiger partial charge < -0.3 is 20.7 Å². The smallest absolute Gasteiger partial charge is 0.169 e. The van der Waals surface area contributed by atoms with Crippen molar-refractivity contribution in [1.82, 2.24) is 14.9 Å². The van der Waals surface area contributed by atoms with Crippen molar-refractivity contribution in [2.24, 2.45) is 0 Å². The topological polar surface area (TPSA) is 93.4 Å². The number of likely N-dealkylation sites (tertiary alicyclic amines) is 1. The number of pyridine rings is 1. The number of nitrogens with zero attached hydrogens (tertiary/aromatic N) is 3. The molecule has 0 radical (unpaired) electrons. The minimum Gasteiger partial charge on any atom is -0.491 e. The first kappa shape index (κ1) is 26.1. The first-order valence-corrected chi connectivity index (χ1v) is 13.9. The molecule has 1 aliphatic rings. The Morgan fingerprint density at radius 3 is 2.78 bits per heavy atom. The lowest BCUT2D eigenvalue weighted by atomic mass is 10.1. The molecule has 1 fully saturated rings. The lowest BCUT2D eigenvalue weighted by Crippen LogP contribution is -2.30. The molecule has 0 unspecified atom stereocenters. The molecule has 0 saturated carbocycles. The highest BCUT2D eigenvalue weighted by Gasteiger charge is 2.10. The number of rotatable bonds is 14. The van der Waals surface area contributed by atoms with Crippen LogP contribution in [0.15, 0.2) is 41.9 Å². The summed E-state index contributed by atoms with van der Waals surface area (Å²) >= 11 is 1.46. The van der Waals surface area contributed by atoms with Crippen molar-refractivity contribution >= 4 is 29.1 Å². The third kappa shape index (κ3) is 8.03. The number of carbonyl (C=O) groups excluding carboxylic acids is 1. The quantitative estimate of drug-likeness (QED) is 0.165. The van der Waals surface area contributed by atoms with Crippen LogP contribution in [0.2, 0.25) is 0 Å². The van der Waals surface area contributed by atoms with Gasteiger partial charge in [0.15, 0.2) is 6.29 Å². The number of aromatic nitrogens is 2. The second kappa shape index (κ2) is 13.9. The zero-order valence-corrected chi connectivity index (χ0v) is 21.8. The van der Waals surface area contributed by atoms with Gasteiger partial charge in [0.05, 0.1) is 12.3 Å². The van der Waals surface area contributed by atoms with Crippen LogP contribution in [0.5, 0.6) is 5.75 Å². The largest absolute Gasteiger partial charge is 0.491 e. The van der Waals surface area contributed by atoms with Crippen molar-refractivity contribution in [1.29, 1.82) is 0 Å². The van der Waals surface area contributed by atoms with E-state index in [0.717, 1.165) is 66.3 Å². The molecule has 0 spiro atoms. The van der Waals surface area contributed by atoms with Crippen molar-refractivity contribution in [3.63, 3.8) is 0 Å². The van der Waals surface area contributed by atoms with Gasteiger partial charge in [-0.05, 0) is 94.4 Å². The van der Waals surface area contributed by atoms with Gasteiger partial charge in [0, 0.05) is 23.7 Å². The maximum Gasteiger partial charge on any atom is 0.169 e. The zero-order chi connectivity index (χ0) is 25.0. The van der Waals surface area contributed by atoms with E-state index in [4.69, 9.17) is 10.5 Å². The van der Waals surface area contributed by atoms with E-state index in [1.54, 1.807) is 11.6 Å². The average molecular weight is 508 g/mol. The van der Waals surface area contributed by atoms with Gasteiger partial charge in [-0.3, -0.25) is 4.79 Å². The Labute approximate surface area is 218 Å². The number of unbranched alkanes of at least 4 members (excludes halogenated alkanes) is 2. The normalized spacial score (nSPS) is 14.0. The fraction of sp³-hybridized carbons (Fsp3) is 0.464. The molecular formula is C28H37N5O2S. The molecule has 1 saturated heterocycles. The fourth-order valence-electron chi connectivity index (χ4n) is 4.51. The van der Waals surface area contributed by atoms with Crippen LogP contribution in [0.25, 0.3) is 10.6 Å². The van der Waals surface area contributed by atoms with E-state index in [-0.39, 0.29) is 0 Å². The molecule has 7 nitrogen and oxygen atoms in total. The minimum absolute atomic E-state index is 0.462. The van der Waals surface area contributed by atoms with E-state index in [9.17, 15) is 4.79 Å². The van der Waals surface area contributed by atoms with Gasteiger partial charge in [-0.15, -0.1) is 11.3 Å². The van der Waals surface area contributed by atoms with Gasteiger partial charge in [-0.1, -0.05) is 12.5 Å². The Morgan fingerprint density at radius 1 is 1.08 bits per heavy atom. The van der Waals surface area contributed by atoms with Gasteiger partial charge in [0.25, 0.3) is 0 Å². The summed E-state index contributed by atoms with van der Waals surface area (Å²) in [7, 11) is 0. The molecular weight excluding hydrogens is 470 g/mol. The summed E-state index contributed by atoms with van der Waals surface area (Å²) in [4.78, 5) is 22.1. The van der Waals surface area contributed by atoms with Crippen molar-refractivity contribution in [2.75, 3.05) is 43.8 Å². The third-order valence-electron chi connectivity index (χ3n) is 6.50. The molecule has 4 rings (SSSR count). The zero-order valence-electron chi connectivity index (χ0n) is 21.0. The number of nitrogen functional groups attached to an aromatic ring is 1. The van der Waals surface area contributed by atoms with E-state index >= 15 is 0 Å². The Bertz CT molecular complexity index is 1100. The lowest BCUT2D eigenvalue weighted by molar-refractivity contribution is 0.111. The molecule has 0 bridgehead atoms. The molecule has 0 atom stereocenters. The molecule has 192 valence electrons. The summed E-state index contributed by atoms with van der Waals surface area (Å²) < 4.78 is 5.94. The number of carbonyl (C=O) groups is 1. The first-order valence-electron chi connectivity index (χ1n) is 13.1. The van der Waals surface area contributed by atoms with Crippen LogP contribution in [0.1, 0.15) is 61.0 Å². The van der Waals surface area contributed by atoms with Gasteiger partial charge >= 0.3 is 0 Å². The van der Waals surface area contributed by atoms with Crippen LogP contribution >= 0.6 is 11.3 Å². The predicted molar refractivity (Wildman–Crippen MR) is 148 cm³/mol. The molecule has 1 aliphatic heterocycles. The van der Waals surface area contributed by atoms with E-state index in [0.29, 0.717) is 12.3 Å². The number of aryl methyl sites for hydroxylation is 1. The van der Waals surface area contributed by atoms with E-state index in [1.807, 2.05) is 18.2 Å². The summed E-state index contributed by atoms with van der Waals surface area (Å²) in [6.45, 7) is 5.19. The standard InChI is InChI=1S/C28H37N5O2S/c29-25-18-22(8-7-16-33-14-4-2-5-15-33)9-10-26(25)35-17-6-1-3-12-30-27-19-23(11-13-31-27)28-32-24(20-34)21-36-28/h9-11,13,18-21H,1-8,12,14-17,29H2,(H,30,31). The van der Waals surface area contributed by atoms with E-state index in [1.165, 1.54) is 62.2 Å². The number of thiazole rings is 1. The van der Waals surface area contributed by atoms with E-state index < -0.39 is 0 Å². The Kier molecular flexibility index (Phi) is 10.1. The summed E-state index contributed by atoms with van der Waals surface area (Å²) in [5, 5.41) is 5.95. The summed E-state index contributed by atoms with van der Waals surface area (Å²) in [5.41, 5.74) is 9.70. The first-order chi connectivity index (χ1) is 17.7. The molecule has 0 amide bonds. The molecule has 3 N–H and O–H groups in total. The van der Waals surface area contributed by atoms with Crippen LogP contribution in [0.4, 0.5) is 11.5 Å². The van der Waals surface area contributed by atoms with Crippen molar-refractivity contribution in [2.45, 2.75) is 51.4 Å². The molecule has 2 aromatic heterocycles. The number of benzene rings is 1. The van der Waals surface area contributed by atoms with Crippen LogP contribution in [0, 0.1) is 0 Å². The van der Waals surface area contributed by atoms with Gasteiger partial charge in [0.2, 0.25) is 0 Å². The number of nitrogens with one attached hydrogen (secondary N) is 1. The maximum absolute atomic E-state index is 10.9. The lowest BCUT2D eigenvalue weighted by Gasteiger charge is -2.26. The second-order valence-corrected chi connectivity index (χ2v) is 10.2. The predicted octanol–water partition coefficient (Wildman–Crippen LogP) is 5.68. The Balaban J connectivity index is 1.10. The SMILES string of the molecule is Nc1cc(CCCN2CCCCC2)ccc1OCCCCCNc1cc(-c2nc(C=O)cs2)ccn1. The molecule has 8 heteroatoms. The molecule has 0 aliphatic carbocycles. The minimum atomic E-state index is 0.462. The summed E-state index contributed by atoms with van der Waals surface area (Å²) in [5.74, 6) is 1.60. The van der Waals surface area contributed by atoms with Crippen LogP contribution in [-0.2, 0) is 6.42 Å². The number of hydrogen-bond acceptors (Lipinski definition) is 8. The monoisotopic (exact) mass is 507 g/mol. The Morgan fingerprint density at radius 2 is 1.97 bits per heavy atom. The number of aldehydes is 1. The highest BCUT2D eigenvalue weighted by Crippen LogP contribution is 2.25. The molecule has 1 aromatic carbocycles. The van der Waals surface area contributed by atoms with Crippen LogP contribution in [-0.4, -0.2) is 53.9 Å². The number of ether oxygens (including phenoxy) is 1. The number of hydrogen-bond donors (Lipinski definition) is 2. The Hall–Kier alpha value is -2.97. The van der Waals surface area contributed by atoms with Crippen molar-refractivity contribution in [3.8, 4) is 16.3 Å². The number of nitrogens with two attached hydrogens (primary N) is 1. The number of piperidine rings is 1. The fourth-order valence-corrected chi connectivity index (χ4v) is 5.27. The van der Waals surface area contributed by atoms with E-state index in [2.05, 4.69) is 32.3 Å². The third-order valence-corrected chi connectivity index (χ3v) is 7.41. The van der Waals surface area contributed by atoms with Gasteiger partial charge in [-0.2, -0.15) is 0 Å². The van der Waals surface area contributed by atoms with Crippen LogP contribution < -0.4 is 15.8 Å². The van der Waals surface area contributed by atoms with Gasteiger partial charge in [-0.25, -0.2) is 9.97 Å². The average Bonchev–Trinajstić information content (AvgIpc) is 3.40. The van der Waals surface area contributed by atoms with Crippen molar-refractivity contribution < 1.29 is 9.53 Å². The molecule has 3 heterocycles.